The molecule has 3 aromatic rings. The fraction of sp³-hybridized carbons (Fsp3) is 0.235. The smallest absolute Gasteiger partial charge is 0.280 e. The molecule has 1 N–H and O–H groups in total. The van der Waals surface area contributed by atoms with E-state index in [9.17, 15) is 4.79 Å². The van der Waals surface area contributed by atoms with Crippen LogP contribution in [0.3, 0.4) is 0 Å². The van der Waals surface area contributed by atoms with E-state index >= 15 is 0 Å². The summed E-state index contributed by atoms with van der Waals surface area (Å²) in [6.45, 7) is 1.69. The number of hydrogen-bond donors (Lipinski definition) is 1. The maximum Gasteiger partial charge on any atom is 0.280 e. The molecule has 0 saturated carbocycles. The van der Waals surface area contributed by atoms with Gasteiger partial charge in [-0.25, -0.2) is 9.97 Å². The van der Waals surface area contributed by atoms with Crippen LogP contribution in [0.1, 0.15) is 16.2 Å². The summed E-state index contributed by atoms with van der Waals surface area (Å²) in [5.74, 6) is 0.878. The topological polar surface area (TPSA) is 58.1 Å². The minimum atomic E-state index is -0.0842. The zero-order valence-electron chi connectivity index (χ0n) is 12.5. The second kappa shape index (κ2) is 5.96. The second-order valence-electron chi connectivity index (χ2n) is 5.58. The molecule has 1 aliphatic heterocycles. The quantitative estimate of drug-likeness (QED) is 0.805. The van der Waals surface area contributed by atoms with Gasteiger partial charge in [0.2, 0.25) is 0 Å². The third-order valence-electron chi connectivity index (χ3n) is 3.98. The van der Waals surface area contributed by atoms with Crippen molar-refractivity contribution in [3.63, 3.8) is 0 Å². The van der Waals surface area contributed by atoms with Gasteiger partial charge in [0, 0.05) is 25.3 Å². The summed E-state index contributed by atoms with van der Waals surface area (Å²) in [6.07, 6.45) is 2.72. The van der Waals surface area contributed by atoms with E-state index in [-0.39, 0.29) is 11.9 Å². The summed E-state index contributed by atoms with van der Waals surface area (Å²) < 4.78 is 1.04. The number of amides is 1. The number of carbonyl (C=O) groups excluding carboxylic acids is 1. The van der Waals surface area contributed by atoms with E-state index in [0.717, 1.165) is 35.5 Å². The highest BCUT2D eigenvalue weighted by atomic mass is 32.1. The van der Waals surface area contributed by atoms with Crippen molar-refractivity contribution < 1.29 is 4.79 Å². The monoisotopic (exact) mass is 324 g/mol. The average molecular weight is 324 g/mol. The number of para-hydroxylation sites is 1. The van der Waals surface area contributed by atoms with E-state index in [1.165, 1.54) is 11.3 Å². The molecule has 1 saturated heterocycles. The standard InChI is InChI=1S/C17H16N4OS/c22-16(17-20-13-5-1-2-6-14(13)23-17)19-12-8-10-21(11-12)15-7-3-4-9-18-15/h1-7,9,12H,8,10-11H2,(H,19,22). The SMILES string of the molecule is O=C(NC1CCN(c2ccccn2)C1)c1nc2ccccc2s1. The van der Waals surface area contributed by atoms with Gasteiger partial charge in [0.05, 0.1) is 10.2 Å². The molecule has 3 heterocycles. The number of pyridine rings is 1. The molecule has 1 aliphatic rings. The van der Waals surface area contributed by atoms with Crippen LogP contribution in [0.25, 0.3) is 10.2 Å². The molecule has 1 amide bonds. The molecule has 5 nitrogen and oxygen atoms in total. The highest BCUT2D eigenvalue weighted by molar-refractivity contribution is 7.20. The van der Waals surface area contributed by atoms with Gasteiger partial charge in [0.15, 0.2) is 5.01 Å². The maximum absolute atomic E-state index is 12.4. The molecule has 1 atom stereocenters. The van der Waals surface area contributed by atoms with Gasteiger partial charge in [-0.1, -0.05) is 18.2 Å². The first kappa shape index (κ1) is 14.1. The van der Waals surface area contributed by atoms with E-state index in [1.807, 2.05) is 42.5 Å². The largest absolute Gasteiger partial charge is 0.354 e. The first-order chi connectivity index (χ1) is 11.3. The first-order valence-corrected chi connectivity index (χ1v) is 8.44. The number of benzene rings is 1. The molecule has 1 unspecified atom stereocenters. The third kappa shape index (κ3) is 2.90. The predicted octanol–water partition coefficient (Wildman–Crippen LogP) is 2.70. The fourth-order valence-electron chi connectivity index (χ4n) is 2.84. The fourth-order valence-corrected chi connectivity index (χ4v) is 3.71. The molecule has 1 fully saturated rings. The van der Waals surface area contributed by atoms with Crippen LogP contribution in [0.15, 0.2) is 48.7 Å². The summed E-state index contributed by atoms with van der Waals surface area (Å²) >= 11 is 1.44. The number of rotatable bonds is 3. The number of carbonyl (C=O) groups is 1. The van der Waals surface area contributed by atoms with E-state index in [2.05, 4.69) is 20.2 Å². The average Bonchev–Trinajstić information content (AvgIpc) is 3.22. The molecule has 0 radical (unpaired) electrons. The summed E-state index contributed by atoms with van der Waals surface area (Å²) in [5.41, 5.74) is 0.879. The van der Waals surface area contributed by atoms with Gasteiger partial charge in [-0.2, -0.15) is 0 Å². The molecule has 6 heteroatoms. The van der Waals surface area contributed by atoms with Crippen LogP contribution in [0.5, 0.6) is 0 Å². The maximum atomic E-state index is 12.4. The van der Waals surface area contributed by atoms with Crippen LogP contribution in [-0.4, -0.2) is 35.0 Å². The lowest BCUT2D eigenvalue weighted by molar-refractivity contribution is 0.0940. The minimum absolute atomic E-state index is 0.0842. The summed E-state index contributed by atoms with van der Waals surface area (Å²) in [6, 6.07) is 13.8. The molecule has 0 bridgehead atoms. The number of aromatic nitrogens is 2. The summed E-state index contributed by atoms with van der Waals surface area (Å²) in [4.78, 5) is 23.4. The van der Waals surface area contributed by atoms with Crippen molar-refractivity contribution in [2.75, 3.05) is 18.0 Å². The zero-order chi connectivity index (χ0) is 15.6. The van der Waals surface area contributed by atoms with Crippen LogP contribution >= 0.6 is 11.3 Å². The second-order valence-corrected chi connectivity index (χ2v) is 6.61. The van der Waals surface area contributed by atoms with Crippen LogP contribution in [0, 0.1) is 0 Å². The predicted molar refractivity (Wildman–Crippen MR) is 91.9 cm³/mol. The van der Waals surface area contributed by atoms with Gasteiger partial charge in [0.1, 0.15) is 5.82 Å². The Hall–Kier alpha value is -2.47. The molecule has 0 aliphatic carbocycles. The Morgan fingerprint density at radius 1 is 1.22 bits per heavy atom. The lowest BCUT2D eigenvalue weighted by Crippen LogP contribution is -2.37. The van der Waals surface area contributed by atoms with Gasteiger partial charge < -0.3 is 10.2 Å². The van der Waals surface area contributed by atoms with Crippen LogP contribution < -0.4 is 10.2 Å². The number of thiazole rings is 1. The molecule has 116 valence electrons. The first-order valence-electron chi connectivity index (χ1n) is 7.62. The van der Waals surface area contributed by atoms with Crippen molar-refractivity contribution in [3.05, 3.63) is 53.7 Å². The minimum Gasteiger partial charge on any atom is -0.354 e. The van der Waals surface area contributed by atoms with E-state index < -0.39 is 0 Å². The summed E-state index contributed by atoms with van der Waals surface area (Å²) in [5, 5.41) is 3.63. The Morgan fingerprint density at radius 2 is 2.09 bits per heavy atom. The Morgan fingerprint density at radius 3 is 2.91 bits per heavy atom. The molecule has 1 aromatic carbocycles. The van der Waals surface area contributed by atoms with Gasteiger partial charge in [-0.15, -0.1) is 11.3 Å². The molecule has 2 aromatic heterocycles. The van der Waals surface area contributed by atoms with E-state index in [0.29, 0.717) is 5.01 Å². The number of nitrogens with one attached hydrogen (secondary N) is 1. The van der Waals surface area contributed by atoms with Crippen molar-refractivity contribution >= 4 is 33.3 Å². The van der Waals surface area contributed by atoms with E-state index in [1.54, 1.807) is 6.20 Å². The van der Waals surface area contributed by atoms with E-state index in [4.69, 9.17) is 0 Å². The van der Waals surface area contributed by atoms with Crippen molar-refractivity contribution in [3.8, 4) is 0 Å². The molecular weight excluding hydrogens is 308 g/mol. The highest BCUT2D eigenvalue weighted by Crippen LogP contribution is 2.22. The Balaban J connectivity index is 1.43. The number of fused-ring (bicyclic) bond motifs is 1. The normalized spacial score (nSPS) is 17.6. The van der Waals surface area contributed by atoms with Crippen molar-refractivity contribution in [1.82, 2.24) is 15.3 Å². The number of hydrogen-bond acceptors (Lipinski definition) is 5. The van der Waals surface area contributed by atoms with Crippen molar-refractivity contribution in [1.29, 1.82) is 0 Å². The zero-order valence-corrected chi connectivity index (χ0v) is 13.3. The Kier molecular flexibility index (Phi) is 3.67. The van der Waals surface area contributed by atoms with Crippen LogP contribution in [-0.2, 0) is 0 Å². The molecule has 0 spiro atoms. The lowest BCUT2D eigenvalue weighted by Gasteiger charge is -2.17. The molecular formula is C17H16N4OS. The van der Waals surface area contributed by atoms with Gasteiger partial charge in [-0.05, 0) is 30.7 Å². The van der Waals surface area contributed by atoms with Gasteiger partial charge in [-0.3, -0.25) is 4.79 Å². The Bertz CT molecular complexity index is 800. The van der Waals surface area contributed by atoms with Gasteiger partial charge >= 0.3 is 0 Å². The number of nitrogens with zero attached hydrogens (tertiary/aromatic N) is 3. The third-order valence-corrected chi connectivity index (χ3v) is 5.02. The van der Waals surface area contributed by atoms with Crippen molar-refractivity contribution in [2.24, 2.45) is 0 Å². The van der Waals surface area contributed by atoms with Crippen molar-refractivity contribution in [2.45, 2.75) is 12.5 Å². The Labute approximate surface area is 138 Å². The van der Waals surface area contributed by atoms with Gasteiger partial charge in [0.25, 0.3) is 5.91 Å². The summed E-state index contributed by atoms with van der Waals surface area (Å²) in [7, 11) is 0. The molecule has 4 rings (SSSR count). The molecule has 23 heavy (non-hydrogen) atoms. The lowest BCUT2D eigenvalue weighted by atomic mass is 10.2. The van der Waals surface area contributed by atoms with Crippen LogP contribution in [0.4, 0.5) is 5.82 Å². The number of anilines is 1. The highest BCUT2D eigenvalue weighted by Gasteiger charge is 2.25. The van der Waals surface area contributed by atoms with Crippen LogP contribution in [0.2, 0.25) is 0 Å².